The molecule has 0 saturated carbocycles. The summed E-state index contributed by atoms with van der Waals surface area (Å²) in [5.74, 6) is 5.86. The lowest BCUT2D eigenvalue weighted by atomic mass is 10.3. The Morgan fingerprint density at radius 1 is 1.30 bits per heavy atom. The predicted molar refractivity (Wildman–Crippen MR) is 83.4 cm³/mol. The number of fused-ring (bicyclic) bond motifs is 1. The molecule has 0 radical (unpaired) electrons. The van der Waals surface area contributed by atoms with Crippen molar-refractivity contribution in [2.75, 3.05) is 5.43 Å². The highest BCUT2D eigenvalue weighted by Crippen LogP contribution is 2.36. The van der Waals surface area contributed by atoms with Gasteiger partial charge < -0.3 is 0 Å². The zero-order valence-corrected chi connectivity index (χ0v) is 13.3. The number of hydrogen-bond acceptors (Lipinski definition) is 9. The third kappa shape index (κ3) is 2.62. The van der Waals surface area contributed by atoms with Crippen molar-refractivity contribution in [2.45, 2.75) is 29.6 Å². The van der Waals surface area contributed by atoms with Crippen LogP contribution in [0.15, 0.2) is 15.4 Å². The van der Waals surface area contributed by atoms with E-state index in [-0.39, 0.29) is 0 Å². The summed E-state index contributed by atoms with van der Waals surface area (Å²) in [4.78, 5) is 11.0. The normalized spacial score (nSPS) is 11.2. The topological polar surface area (TPSA) is 89.6 Å². The summed E-state index contributed by atoms with van der Waals surface area (Å²) in [5.41, 5.74) is 2.52. The molecular weight excluding hydrogens is 312 g/mol. The standard InChI is InChI=1S/C11H12N6S3/c1-3-6-4-7-8(19-6)13-10(15-12)14-9(7)20-11-17-16-5(2)18-11/h4H,3,12H2,1-2H3,(H,13,14,15). The molecule has 0 fully saturated rings. The summed E-state index contributed by atoms with van der Waals surface area (Å²) in [6.45, 7) is 4.06. The van der Waals surface area contributed by atoms with Crippen LogP contribution in [0.2, 0.25) is 0 Å². The van der Waals surface area contributed by atoms with Gasteiger partial charge in [-0.3, -0.25) is 5.43 Å². The molecule has 0 unspecified atom stereocenters. The van der Waals surface area contributed by atoms with E-state index in [1.165, 1.54) is 16.6 Å². The van der Waals surface area contributed by atoms with Gasteiger partial charge in [-0.05, 0) is 31.2 Å². The highest BCUT2D eigenvalue weighted by molar-refractivity contribution is 8.01. The average Bonchev–Trinajstić information content (AvgIpc) is 3.04. The Balaban J connectivity index is 2.09. The summed E-state index contributed by atoms with van der Waals surface area (Å²) in [6, 6.07) is 2.14. The Hall–Kier alpha value is -1.29. The first-order valence-electron chi connectivity index (χ1n) is 5.94. The Kier molecular flexibility index (Phi) is 3.83. The Morgan fingerprint density at radius 2 is 2.15 bits per heavy atom. The van der Waals surface area contributed by atoms with Crippen LogP contribution in [0.4, 0.5) is 5.95 Å². The summed E-state index contributed by atoms with van der Waals surface area (Å²) in [7, 11) is 0. The number of rotatable bonds is 4. The van der Waals surface area contributed by atoms with Crippen molar-refractivity contribution >= 4 is 50.6 Å². The van der Waals surface area contributed by atoms with E-state index < -0.39 is 0 Å². The molecule has 0 aromatic carbocycles. The third-order valence-electron chi connectivity index (χ3n) is 2.58. The fraction of sp³-hybridized carbons (Fsp3) is 0.273. The number of thiophene rings is 1. The molecule has 0 amide bonds. The van der Waals surface area contributed by atoms with E-state index >= 15 is 0 Å². The van der Waals surface area contributed by atoms with Gasteiger partial charge in [-0.2, -0.15) is 0 Å². The number of nitrogens with zero attached hydrogens (tertiary/aromatic N) is 4. The fourth-order valence-corrected chi connectivity index (χ4v) is 4.52. The van der Waals surface area contributed by atoms with E-state index in [1.54, 1.807) is 22.7 Å². The fourth-order valence-electron chi connectivity index (χ4n) is 1.66. The minimum Gasteiger partial charge on any atom is -0.292 e. The number of aromatic nitrogens is 4. The van der Waals surface area contributed by atoms with Crippen LogP contribution in [0.1, 0.15) is 16.8 Å². The number of hydrazine groups is 1. The van der Waals surface area contributed by atoms with Gasteiger partial charge in [-0.1, -0.05) is 18.3 Å². The van der Waals surface area contributed by atoms with E-state index in [0.29, 0.717) is 5.95 Å². The molecule has 0 atom stereocenters. The number of aryl methyl sites for hydroxylation is 2. The molecule has 3 aromatic heterocycles. The van der Waals surface area contributed by atoms with Crippen LogP contribution in [0.25, 0.3) is 10.2 Å². The zero-order valence-electron chi connectivity index (χ0n) is 10.9. The van der Waals surface area contributed by atoms with Crippen molar-refractivity contribution in [1.82, 2.24) is 20.2 Å². The van der Waals surface area contributed by atoms with Gasteiger partial charge in [0.25, 0.3) is 0 Å². The van der Waals surface area contributed by atoms with E-state index in [1.807, 2.05) is 6.92 Å². The monoisotopic (exact) mass is 324 g/mol. The summed E-state index contributed by atoms with van der Waals surface area (Å²) < 4.78 is 0.870. The van der Waals surface area contributed by atoms with Crippen LogP contribution in [-0.4, -0.2) is 20.2 Å². The first kappa shape index (κ1) is 13.7. The van der Waals surface area contributed by atoms with Crippen LogP contribution in [0.5, 0.6) is 0 Å². The number of nitrogen functional groups attached to an aromatic ring is 1. The van der Waals surface area contributed by atoms with Gasteiger partial charge in [-0.15, -0.1) is 21.5 Å². The molecular formula is C11H12N6S3. The van der Waals surface area contributed by atoms with E-state index in [4.69, 9.17) is 5.84 Å². The molecule has 3 heterocycles. The number of nitrogens with one attached hydrogen (secondary N) is 1. The van der Waals surface area contributed by atoms with Crippen molar-refractivity contribution in [3.8, 4) is 0 Å². The van der Waals surface area contributed by atoms with E-state index in [9.17, 15) is 0 Å². The molecule has 20 heavy (non-hydrogen) atoms. The van der Waals surface area contributed by atoms with Crippen LogP contribution in [-0.2, 0) is 6.42 Å². The molecule has 0 saturated heterocycles. The number of anilines is 1. The largest absolute Gasteiger partial charge is 0.292 e. The first-order chi connectivity index (χ1) is 9.69. The van der Waals surface area contributed by atoms with Crippen molar-refractivity contribution in [1.29, 1.82) is 0 Å². The smallest absolute Gasteiger partial charge is 0.239 e. The van der Waals surface area contributed by atoms with Gasteiger partial charge in [-0.25, -0.2) is 15.8 Å². The van der Waals surface area contributed by atoms with Crippen molar-refractivity contribution in [3.05, 3.63) is 16.0 Å². The maximum Gasteiger partial charge on any atom is 0.239 e. The minimum absolute atomic E-state index is 0.422. The van der Waals surface area contributed by atoms with Gasteiger partial charge >= 0.3 is 0 Å². The molecule has 9 heteroatoms. The lowest BCUT2D eigenvalue weighted by Gasteiger charge is -2.02. The molecule has 0 aliphatic carbocycles. The Bertz CT molecular complexity index is 750. The third-order valence-corrected chi connectivity index (χ3v) is 5.65. The van der Waals surface area contributed by atoms with Crippen LogP contribution in [0.3, 0.4) is 0 Å². The molecule has 0 aliphatic heterocycles. The molecule has 3 aromatic rings. The quantitative estimate of drug-likeness (QED) is 0.433. The molecule has 3 rings (SSSR count). The first-order valence-corrected chi connectivity index (χ1v) is 8.39. The highest BCUT2D eigenvalue weighted by atomic mass is 32.2. The molecule has 3 N–H and O–H groups in total. The van der Waals surface area contributed by atoms with Gasteiger partial charge in [0.05, 0.1) is 0 Å². The van der Waals surface area contributed by atoms with Gasteiger partial charge in [0.2, 0.25) is 5.95 Å². The predicted octanol–water partition coefficient (Wildman–Crippen LogP) is 2.85. The number of hydrogen-bond donors (Lipinski definition) is 2. The van der Waals surface area contributed by atoms with E-state index in [2.05, 4.69) is 38.6 Å². The van der Waals surface area contributed by atoms with Crippen LogP contribution >= 0.6 is 34.4 Å². The molecule has 0 bridgehead atoms. The summed E-state index contributed by atoms with van der Waals surface area (Å²) in [5, 5.41) is 11.0. The molecule has 0 spiro atoms. The highest BCUT2D eigenvalue weighted by Gasteiger charge is 2.14. The van der Waals surface area contributed by atoms with E-state index in [0.717, 1.165) is 31.0 Å². The van der Waals surface area contributed by atoms with Crippen molar-refractivity contribution < 1.29 is 0 Å². The maximum absolute atomic E-state index is 5.44. The van der Waals surface area contributed by atoms with Crippen molar-refractivity contribution in [3.63, 3.8) is 0 Å². The van der Waals surface area contributed by atoms with Gasteiger partial charge in [0, 0.05) is 10.3 Å². The summed E-state index contributed by atoms with van der Waals surface area (Å²) in [6.07, 6.45) is 0.981. The SMILES string of the molecule is CCc1cc2c(Sc3nnc(C)s3)nc(NN)nc2s1. The second-order valence-electron chi connectivity index (χ2n) is 3.97. The molecule has 0 aliphatic rings. The van der Waals surface area contributed by atoms with Gasteiger partial charge in [0.1, 0.15) is 14.9 Å². The second-order valence-corrected chi connectivity index (χ2v) is 7.50. The Labute approximate surface area is 127 Å². The number of nitrogens with two attached hydrogens (primary N) is 1. The second kappa shape index (κ2) is 5.60. The van der Waals surface area contributed by atoms with Crippen LogP contribution < -0.4 is 11.3 Å². The lowest BCUT2D eigenvalue weighted by molar-refractivity contribution is 0.980. The van der Waals surface area contributed by atoms with Crippen LogP contribution in [0, 0.1) is 6.92 Å². The molecule has 6 nitrogen and oxygen atoms in total. The minimum atomic E-state index is 0.422. The van der Waals surface area contributed by atoms with Crippen molar-refractivity contribution in [2.24, 2.45) is 5.84 Å². The maximum atomic E-state index is 5.44. The zero-order chi connectivity index (χ0) is 14.1. The Morgan fingerprint density at radius 3 is 2.80 bits per heavy atom. The summed E-state index contributed by atoms with van der Waals surface area (Å²) >= 11 is 4.71. The van der Waals surface area contributed by atoms with Gasteiger partial charge in [0.15, 0.2) is 4.34 Å². The average molecular weight is 324 g/mol. The lowest BCUT2D eigenvalue weighted by Crippen LogP contribution is -2.10. The molecule has 104 valence electrons.